The van der Waals surface area contributed by atoms with Gasteiger partial charge in [-0.05, 0) is 41.5 Å². The molecule has 0 amide bonds. The Morgan fingerprint density at radius 2 is 0.520 bits per heavy atom. The van der Waals surface area contributed by atoms with Gasteiger partial charge in [-0.25, -0.2) is 0 Å². The van der Waals surface area contributed by atoms with Crippen molar-refractivity contribution in [2.45, 2.75) is 41.5 Å². The molecule has 0 aromatic heterocycles. The van der Waals surface area contributed by atoms with Crippen molar-refractivity contribution in [3.8, 4) is 0 Å². The molecule has 134 valence electrons. The van der Waals surface area contributed by atoms with Crippen molar-refractivity contribution in [2.75, 3.05) is 0 Å². The van der Waals surface area contributed by atoms with Crippen LogP contribution in [-0.2, 0) is 0 Å². The summed E-state index contributed by atoms with van der Waals surface area (Å²) in [6.07, 6.45) is 0. The summed E-state index contributed by atoms with van der Waals surface area (Å²) in [6.45, 7) is 12.6. The van der Waals surface area contributed by atoms with E-state index in [4.69, 9.17) is 0 Å². The van der Waals surface area contributed by atoms with Gasteiger partial charge in [0.15, 0.2) is 0 Å². The van der Waals surface area contributed by atoms with Crippen molar-refractivity contribution < 1.29 is 0 Å². The third-order valence-electron chi connectivity index (χ3n) is 3.52. The normalized spacial score (nSPS) is 8.88. The van der Waals surface area contributed by atoms with Gasteiger partial charge in [0.25, 0.3) is 0 Å². The lowest BCUT2D eigenvalue weighted by Gasteiger charge is -1.90. The molecule has 1 unspecified atom stereocenters. The fraction of sp³-hybridized carbons (Fsp3) is 0.250. The van der Waals surface area contributed by atoms with Crippen LogP contribution in [0.25, 0.3) is 0 Å². The van der Waals surface area contributed by atoms with Gasteiger partial charge < -0.3 is 0 Å². The molecular weight excluding hydrogens is 319 g/mol. The summed E-state index contributed by atoms with van der Waals surface area (Å²) < 4.78 is 0. The molecule has 0 bridgehead atoms. The van der Waals surface area contributed by atoms with Crippen molar-refractivity contribution in [3.05, 3.63) is 106 Å². The minimum absolute atomic E-state index is 0. The van der Waals surface area contributed by atoms with Crippen LogP contribution in [0.4, 0.5) is 0 Å². The third kappa shape index (κ3) is 11.3. The topological polar surface area (TPSA) is 0 Å². The van der Waals surface area contributed by atoms with Crippen molar-refractivity contribution in [2.24, 2.45) is 0 Å². The molecule has 0 saturated carbocycles. The second kappa shape index (κ2) is 12.5. The highest BCUT2D eigenvalue weighted by atomic mass is 31.0. The van der Waals surface area contributed by atoms with E-state index in [-0.39, 0.29) is 9.90 Å². The van der Waals surface area contributed by atoms with Crippen LogP contribution in [0.15, 0.2) is 72.8 Å². The van der Waals surface area contributed by atoms with E-state index in [1.165, 1.54) is 33.4 Å². The Balaban J connectivity index is 0.000000339. The van der Waals surface area contributed by atoms with E-state index in [0.29, 0.717) is 0 Å². The Bertz CT molecular complexity index is 589. The molecule has 0 fully saturated rings. The maximum atomic E-state index is 2.17. The molecule has 0 aliphatic carbocycles. The summed E-state index contributed by atoms with van der Waals surface area (Å²) in [5, 5.41) is 0. The molecule has 0 aliphatic heterocycles. The van der Waals surface area contributed by atoms with Gasteiger partial charge in [-0.1, -0.05) is 106 Å². The highest BCUT2D eigenvalue weighted by Crippen LogP contribution is 2.01. The number of benzene rings is 3. The quantitative estimate of drug-likeness (QED) is 0.383. The van der Waals surface area contributed by atoms with Gasteiger partial charge >= 0.3 is 0 Å². The lowest BCUT2D eigenvalue weighted by atomic mass is 10.2. The smallest absolute Gasteiger partial charge is 0.0398 e. The van der Waals surface area contributed by atoms with E-state index in [1.54, 1.807) is 0 Å². The lowest BCUT2D eigenvalue weighted by Crippen LogP contribution is -1.71. The molecule has 0 saturated heterocycles. The van der Waals surface area contributed by atoms with Crippen LogP contribution < -0.4 is 0 Å². The first-order valence-corrected chi connectivity index (χ1v) is 8.46. The van der Waals surface area contributed by atoms with Crippen molar-refractivity contribution in [1.82, 2.24) is 0 Å². The molecule has 3 aromatic rings. The van der Waals surface area contributed by atoms with Gasteiger partial charge in [-0.3, -0.25) is 0 Å². The Labute approximate surface area is 157 Å². The zero-order chi connectivity index (χ0) is 17.9. The van der Waals surface area contributed by atoms with Crippen LogP contribution in [0.5, 0.6) is 0 Å². The van der Waals surface area contributed by atoms with Crippen molar-refractivity contribution >= 4 is 9.90 Å². The van der Waals surface area contributed by atoms with Gasteiger partial charge in [0.2, 0.25) is 0 Å². The lowest BCUT2D eigenvalue weighted by molar-refractivity contribution is 1.39. The Morgan fingerprint density at radius 3 is 0.600 bits per heavy atom. The summed E-state index contributed by atoms with van der Waals surface area (Å²) in [4.78, 5) is 0. The summed E-state index contributed by atoms with van der Waals surface area (Å²) >= 11 is 0. The molecule has 1 atom stereocenters. The van der Waals surface area contributed by atoms with Gasteiger partial charge in [-0.2, -0.15) is 9.90 Å². The van der Waals surface area contributed by atoms with Crippen LogP contribution >= 0.6 is 9.90 Å². The zero-order valence-corrected chi connectivity index (χ0v) is 18.0. The van der Waals surface area contributed by atoms with Crippen LogP contribution in [0, 0.1) is 41.5 Å². The monoisotopic (exact) mass is 352 g/mol. The fourth-order valence-corrected chi connectivity index (χ4v) is 2.42. The van der Waals surface area contributed by atoms with Crippen LogP contribution in [0.2, 0.25) is 0 Å². The largest absolute Gasteiger partial charge is 0.153 e. The fourth-order valence-electron chi connectivity index (χ4n) is 2.42. The zero-order valence-electron chi connectivity index (χ0n) is 16.6. The molecule has 3 aromatic carbocycles. The Kier molecular flexibility index (Phi) is 11.5. The second-order valence-corrected chi connectivity index (χ2v) is 6.47. The van der Waals surface area contributed by atoms with Crippen LogP contribution in [0.3, 0.4) is 0 Å². The first kappa shape index (κ1) is 23.1. The Hall–Kier alpha value is -1.91. The molecule has 0 spiro atoms. The summed E-state index contributed by atoms with van der Waals surface area (Å²) in [6, 6.07) is 25.3. The summed E-state index contributed by atoms with van der Waals surface area (Å²) in [7, 11) is 0. The van der Waals surface area contributed by atoms with Gasteiger partial charge in [0.1, 0.15) is 0 Å². The predicted octanol–water partition coefficient (Wildman–Crippen LogP) is 6.97. The molecule has 0 heterocycles. The maximum Gasteiger partial charge on any atom is -0.0398 e. The van der Waals surface area contributed by atoms with E-state index in [1.807, 2.05) is 0 Å². The number of rotatable bonds is 0. The minimum atomic E-state index is 0. The first-order chi connectivity index (χ1) is 11.4. The van der Waals surface area contributed by atoms with E-state index >= 15 is 0 Å². The maximum absolute atomic E-state index is 2.17. The van der Waals surface area contributed by atoms with Gasteiger partial charge in [-0.15, -0.1) is 0 Å². The predicted molar refractivity (Wildman–Crippen MR) is 119 cm³/mol. The SMILES string of the molecule is Cc1cccc(C)c1.Cc1cccc(C)c1.Cc1cccc(C)c1.P. The molecule has 0 aliphatic rings. The second-order valence-electron chi connectivity index (χ2n) is 6.47. The third-order valence-corrected chi connectivity index (χ3v) is 3.52. The number of hydrogen-bond donors (Lipinski definition) is 0. The summed E-state index contributed by atoms with van der Waals surface area (Å²) in [5.74, 6) is 0. The van der Waals surface area contributed by atoms with Gasteiger partial charge in [0, 0.05) is 0 Å². The van der Waals surface area contributed by atoms with Crippen molar-refractivity contribution in [3.63, 3.8) is 0 Å². The molecule has 3 rings (SSSR count). The van der Waals surface area contributed by atoms with Crippen molar-refractivity contribution in [1.29, 1.82) is 0 Å². The molecular formula is C24H33P. The average Bonchev–Trinajstić information content (AvgIpc) is 2.47. The van der Waals surface area contributed by atoms with E-state index in [9.17, 15) is 0 Å². The molecule has 0 nitrogen and oxygen atoms in total. The molecule has 0 N–H and O–H groups in total. The van der Waals surface area contributed by atoms with E-state index in [2.05, 4.69) is 114 Å². The molecule has 1 heteroatoms. The van der Waals surface area contributed by atoms with E-state index in [0.717, 1.165) is 0 Å². The molecule has 25 heavy (non-hydrogen) atoms. The Morgan fingerprint density at radius 1 is 0.360 bits per heavy atom. The summed E-state index contributed by atoms with van der Waals surface area (Å²) in [5.41, 5.74) is 8.03. The van der Waals surface area contributed by atoms with E-state index < -0.39 is 0 Å². The first-order valence-electron chi connectivity index (χ1n) is 8.46. The molecule has 0 radical (unpaired) electrons. The van der Waals surface area contributed by atoms with Gasteiger partial charge in [0.05, 0.1) is 0 Å². The average molecular weight is 353 g/mol. The minimum Gasteiger partial charge on any atom is -0.153 e. The number of hydrogen-bond acceptors (Lipinski definition) is 0. The van der Waals surface area contributed by atoms with Crippen LogP contribution in [0.1, 0.15) is 33.4 Å². The highest BCUT2D eigenvalue weighted by Gasteiger charge is 1.82. The van der Waals surface area contributed by atoms with Crippen LogP contribution in [-0.4, -0.2) is 0 Å². The number of aryl methyl sites for hydroxylation is 6. The highest BCUT2D eigenvalue weighted by molar-refractivity contribution is 6.92. The standard InChI is InChI=1S/3C8H10.H3P/c3*1-7-4-3-5-8(2)6-7;/h3*3-6H,1-2H3;1H3.